The molecule has 1 saturated carbocycles. The maximum Gasteiger partial charge on any atom is 0.254 e. The molecule has 8 heteroatoms. The first kappa shape index (κ1) is 23.2. The molecule has 2 atom stereocenters. The topological polar surface area (TPSA) is 87.2 Å². The molecule has 3 heterocycles. The normalized spacial score (nSPS) is 20.3. The van der Waals surface area contributed by atoms with Gasteiger partial charge in [0.1, 0.15) is 12.1 Å². The zero-order valence-corrected chi connectivity index (χ0v) is 20.6. The highest BCUT2D eigenvalue weighted by Crippen LogP contribution is 2.40. The molecule has 1 amide bonds. The summed E-state index contributed by atoms with van der Waals surface area (Å²) in [6, 6.07) is 12.0. The second kappa shape index (κ2) is 9.21. The molecule has 0 spiro atoms. The van der Waals surface area contributed by atoms with Crippen molar-refractivity contribution in [3.63, 3.8) is 0 Å². The Morgan fingerprint density at radius 2 is 1.83 bits per heavy atom. The van der Waals surface area contributed by atoms with E-state index in [4.69, 9.17) is 5.26 Å². The highest BCUT2D eigenvalue weighted by Gasteiger charge is 2.36. The van der Waals surface area contributed by atoms with Crippen LogP contribution >= 0.6 is 0 Å². The summed E-state index contributed by atoms with van der Waals surface area (Å²) in [4.78, 5) is 30.7. The number of hydrogen-bond donors (Lipinski definition) is 0. The summed E-state index contributed by atoms with van der Waals surface area (Å²) in [5.41, 5.74) is 4.16. The van der Waals surface area contributed by atoms with Crippen molar-refractivity contribution in [3.05, 3.63) is 58.0 Å². The van der Waals surface area contributed by atoms with Crippen molar-refractivity contribution in [1.29, 1.82) is 5.26 Å². The van der Waals surface area contributed by atoms with Crippen molar-refractivity contribution >= 4 is 22.6 Å². The summed E-state index contributed by atoms with van der Waals surface area (Å²) in [6.45, 7) is 5.57. The molecule has 0 unspecified atom stereocenters. The molecule has 2 aliphatic rings. The van der Waals surface area contributed by atoms with E-state index in [1.165, 1.54) is 18.4 Å². The Labute approximate surface area is 205 Å². The van der Waals surface area contributed by atoms with E-state index >= 15 is 0 Å². The molecular formula is C27H32N6O2. The summed E-state index contributed by atoms with van der Waals surface area (Å²) < 4.78 is 3.15. The number of hydrogen-bond acceptors (Lipinski definition) is 5. The third-order valence-electron chi connectivity index (χ3n) is 7.59. The highest BCUT2D eigenvalue weighted by molar-refractivity contribution is 5.95. The van der Waals surface area contributed by atoms with E-state index in [0.717, 1.165) is 24.1 Å². The second-order valence-corrected chi connectivity index (χ2v) is 9.78. The number of pyridine rings is 1. The minimum absolute atomic E-state index is 0.0220. The lowest BCUT2D eigenvalue weighted by molar-refractivity contribution is 0.0611. The molecule has 1 aromatic carbocycles. The molecule has 35 heavy (non-hydrogen) atoms. The number of nitrogens with zero attached hydrogens (tertiary/aromatic N) is 6. The third-order valence-corrected chi connectivity index (χ3v) is 7.59. The average Bonchev–Trinajstić information content (AvgIpc) is 3.65. The van der Waals surface area contributed by atoms with E-state index in [-0.39, 0.29) is 30.1 Å². The van der Waals surface area contributed by atoms with Gasteiger partial charge in [0.05, 0.1) is 23.5 Å². The number of rotatable bonds is 6. The lowest BCUT2D eigenvalue weighted by atomic mass is 9.99. The molecule has 1 aliphatic heterocycles. The quantitative estimate of drug-likeness (QED) is 0.547. The van der Waals surface area contributed by atoms with Crippen molar-refractivity contribution in [2.45, 2.75) is 64.1 Å². The van der Waals surface area contributed by atoms with Crippen LogP contribution in [-0.4, -0.2) is 50.3 Å². The molecule has 3 aromatic rings. The summed E-state index contributed by atoms with van der Waals surface area (Å²) in [5.74, 6) is 0.743. The van der Waals surface area contributed by atoms with Crippen LogP contribution in [0, 0.1) is 11.3 Å². The van der Waals surface area contributed by atoms with Crippen molar-refractivity contribution in [1.82, 2.24) is 19.2 Å². The van der Waals surface area contributed by atoms with Crippen LogP contribution in [0.15, 0.2) is 41.3 Å². The number of carbonyl (C=O) groups excluding carboxylic acids is 1. The maximum absolute atomic E-state index is 13.6. The van der Waals surface area contributed by atoms with Crippen LogP contribution in [0.2, 0.25) is 0 Å². The smallest absolute Gasteiger partial charge is 0.254 e. The number of fused-ring (bicyclic) bond motifs is 1. The Kier molecular flexibility index (Phi) is 6.10. The van der Waals surface area contributed by atoms with E-state index in [0.29, 0.717) is 30.0 Å². The number of aryl methyl sites for hydroxylation is 1. The van der Waals surface area contributed by atoms with Crippen molar-refractivity contribution in [2.24, 2.45) is 7.05 Å². The fourth-order valence-electron chi connectivity index (χ4n) is 5.28. The molecular weight excluding hydrogens is 440 g/mol. The van der Waals surface area contributed by atoms with Gasteiger partial charge in [-0.2, -0.15) is 10.4 Å². The van der Waals surface area contributed by atoms with Gasteiger partial charge in [0.15, 0.2) is 0 Å². The van der Waals surface area contributed by atoms with E-state index in [1.54, 1.807) is 28.6 Å². The molecule has 2 fully saturated rings. The van der Waals surface area contributed by atoms with Crippen LogP contribution in [0.4, 0.5) is 5.69 Å². The largest absolute Gasteiger partial charge is 0.363 e. The van der Waals surface area contributed by atoms with Gasteiger partial charge in [-0.1, -0.05) is 26.0 Å². The number of carbonyl (C=O) groups is 1. The lowest BCUT2D eigenvalue weighted by Gasteiger charge is -2.47. The molecule has 1 saturated heterocycles. The fourth-order valence-corrected chi connectivity index (χ4v) is 5.28. The monoisotopic (exact) mass is 472 g/mol. The maximum atomic E-state index is 13.6. The van der Waals surface area contributed by atoms with E-state index < -0.39 is 0 Å². The SMILES string of the molecule is CC[C@@H]1CN(c2cc(=O)n(C)c3cn(CC#N)nc23)[C@@H](CC)CN1C(=O)c1ccc(C2CC2)cc1. The number of anilines is 1. The summed E-state index contributed by atoms with van der Waals surface area (Å²) in [7, 11) is 1.73. The predicted octanol–water partition coefficient (Wildman–Crippen LogP) is 3.66. The standard InChI is InChI=1S/C27H32N6O2/c1-4-21-16-33(27(35)20-10-8-19(9-11-20)18-6-7-18)22(5-2)15-32(21)23-14-25(34)30(3)24-17-31(13-12-28)29-26(23)24/h8-11,14,17-18,21-22H,4-7,13,15-16H2,1-3H3/t21-,22+/m0/s1. The van der Waals surface area contributed by atoms with Crippen molar-refractivity contribution in [2.75, 3.05) is 18.0 Å². The van der Waals surface area contributed by atoms with Crippen LogP contribution in [-0.2, 0) is 13.6 Å². The van der Waals surface area contributed by atoms with Crippen LogP contribution in [0.3, 0.4) is 0 Å². The Balaban J connectivity index is 1.47. The first-order valence-electron chi connectivity index (χ1n) is 12.6. The number of piperazine rings is 1. The van der Waals surface area contributed by atoms with Crippen LogP contribution in [0.25, 0.3) is 11.0 Å². The van der Waals surface area contributed by atoms with Gasteiger partial charge in [-0.3, -0.25) is 14.3 Å². The summed E-state index contributed by atoms with van der Waals surface area (Å²) >= 11 is 0. The van der Waals surface area contributed by atoms with Gasteiger partial charge < -0.3 is 14.4 Å². The Morgan fingerprint density at radius 1 is 1.11 bits per heavy atom. The van der Waals surface area contributed by atoms with Crippen LogP contribution < -0.4 is 10.5 Å². The summed E-state index contributed by atoms with van der Waals surface area (Å²) in [6.07, 6.45) is 5.89. The lowest BCUT2D eigenvalue weighted by Crippen LogP contribution is -2.60. The minimum atomic E-state index is -0.110. The number of nitriles is 1. The Hall–Kier alpha value is -3.60. The molecule has 5 rings (SSSR count). The molecule has 2 aromatic heterocycles. The Morgan fingerprint density at radius 3 is 2.46 bits per heavy atom. The molecule has 8 nitrogen and oxygen atoms in total. The van der Waals surface area contributed by atoms with E-state index in [1.807, 2.05) is 17.0 Å². The first-order valence-corrected chi connectivity index (χ1v) is 12.6. The average molecular weight is 473 g/mol. The minimum Gasteiger partial charge on any atom is -0.363 e. The van der Waals surface area contributed by atoms with Crippen LogP contribution in [0.1, 0.15) is 61.4 Å². The number of aromatic nitrogens is 3. The zero-order valence-electron chi connectivity index (χ0n) is 20.6. The molecule has 0 bridgehead atoms. The second-order valence-electron chi connectivity index (χ2n) is 9.78. The van der Waals surface area contributed by atoms with E-state index in [9.17, 15) is 9.59 Å². The van der Waals surface area contributed by atoms with Gasteiger partial charge in [0.2, 0.25) is 0 Å². The third kappa shape index (κ3) is 4.20. The number of amides is 1. The first-order chi connectivity index (χ1) is 16.9. The van der Waals surface area contributed by atoms with Gasteiger partial charge in [-0.25, -0.2) is 0 Å². The molecule has 1 aliphatic carbocycles. The molecule has 0 N–H and O–H groups in total. The fraction of sp³-hybridized carbons (Fsp3) is 0.481. The Bertz CT molecular complexity index is 1340. The van der Waals surface area contributed by atoms with Gasteiger partial charge in [-0.05, 0) is 49.3 Å². The van der Waals surface area contributed by atoms with Gasteiger partial charge in [-0.15, -0.1) is 0 Å². The highest BCUT2D eigenvalue weighted by atomic mass is 16.2. The van der Waals surface area contributed by atoms with Gasteiger partial charge in [0.25, 0.3) is 11.5 Å². The molecule has 182 valence electrons. The van der Waals surface area contributed by atoms with Crippen molar-refractivity contribution in [3.8, 4) is 6.07 Å². The number of benzene rings is 1. The summed E-state index contributed by atoms with van der Waals surface area (Å²) in [5, 5.41) is 13.8. The molecule has 0 radical (unpaired) electrons. The van der Waals surface area contributed by atoms with Crippen molar-refractivity contribution < 1.29 is 4.79 Å². The van der Waals surface area contributed by atoms with Crippen LogP contribution in [0.5, 0.6) is 0 Å². The predicted molar refractivity (Wildman–Crippen MR) is 136 cm³/mol. The zero-order chi connectivity index (χ0) is 24.7. The van der Waals surface area contributed by atoms with E-state index in [2.05, 4.69) is 42.0 Å². The van der Waals surface area contributed by atoms with Gasteiger partial charge >= 0.3 is 0 Å². The van der Waals surface area contributed by atoms with Gasteiger partial charge in [0, 0.05) is 43.9 Å².